The van der Waals surface area contributed by atoms with Gasteiger partial charge in [-0.3, -0.25) is 9.59 Å². The lowest BCUT2D eigenvalue weighted by atomic mass is 10.0. The number of hydrazone groups is 1. The third-order valence-corrected chi connectivity index (χ3v) is 4.84. The summed E-state index contributed by atoms with van der Waals surface area (Å²) < 4.78 is 5.27. The molecule has 0 aliphatic rings. The van der Waals surface area contributed by atoms with Gasteiger partial charge in [0.1, 0.15) is 5.75 Å². The summed E-state index contributed by atoms with van der Waals surface area (Å²) in [5, 5.41) is 6.87. The Bertz CT molecular complexity index is 1110. The van der Waals surface area contributed by atoms with Crippen molar-refractivity contribution in [3.63, 3.8) is 0 Å². The van der Waals surface area contributed by atoms with Crippen LogP contribution in [-0.4, -0.2) is 24.6 Å². The molecule has 164 valence electrons. The van der Waals surface area contributed by atoms with Crippen molar-refractivity contribution < 1.29 is 14.3 Å². The topological polar surface area (TPSA) is 79.8 Å². The number of amides is 2. The first-order valence-electron chi connectivity index (χ1n) is 10.4. The summed E-state index contributed by atoms with van der Waals surface area (Å²) in [6, 6.07) is 23.5. The standard InChI is InChI=1S/C26H27N3O3/c1-18-9-14-24(32-3)23(15-18)27-25(30)16-19(2)28-29-26(31)17-20-10-12-22(13-11-20)21-7-5-4-6-8-21/h4-15H,16-17H2,1-3H3,(H,27,30)(H,29,31). The van der Waals surface area contributed by atoms with E-state index in [1.54, 1.807) is 20.1 Å². The van der Waals surface area contributed by atoms with E-state index < -0.39 is 0 Å². The van der Waals surface area contributed by atoms with Gasteiger partial charge in [-0.2, -0.15) is 5.10 Å². The van der Waals surface area contributed by atoms with E-state index in [1.807, 2.05) is 73.7 Å². The molecule has 3 rings (SSSR count). The lowest BCUT2D eigenvalue weighted by Gasteiger charge is -2.11. The predicted molar refractivity (Wildman–Crippen MR) is 128 cm³/mol. The highest BCUT2D eigenvalue weighted by atomic mass is 16.5. The molecule has 0 spiro atoms. The molecule has 0 bridgehead atoms. The van der Waals surface area contributed by atoms with Crippen molar-refractivity contribution in [1.82, 2.24) is 5.43 Å². The Hall–Kier alpha value is -3.93. The van der Waals surface area contributed by atoms with Gasteiger partial charge in [-0.1, -0.05) is 60.7 Å². The number of anilines is 1. The largest absolute Gasteiger partial charge is 0.495 e. The number of nitrogens with one attached hydrogen (secondary N) is 2. The van der Waals surface area contributed by atoms with Crippen molar-refractivity contribution in [2.45, 2.75) is 26.7 Å². The molecule has 0 aromatic heterocycles. The van der Waals surface area contributed by atoms with Crippen molar-refractivity contribution in [1.29, 1.82) is 0 Å². The third-order valence-electron chi connectivity index (χ3n) is 4.84. The Labute approximate surface area is 188 Å². The SMILES string of the molecule is COc1ccc(C)cc1NC(=O)CC(C)=NNC(=O)Cc1ccc(-c2ccccc2)cc1. The zero-order chi connectivity index (χ0) is 22.9. The van der Waals surface area contributed by atoms with Crippen LogP contribution in [0.15, 0.2) is 77.9 Å². The maximum Gasteiger partial charge on any atom is 0.244 e. The highest BCUT2D eigenvalue weighted by Gasteiger charge is 2.10. The van der Waals surface area contributed by atoms with Gasteiger partial charge in [0.15, 0.2) is 0 Å². The van der Waals surface area contributed by atoms with Crippen molar-refractivity contribution in [3.05, 3.63) is 83.9 Å². The highest BCUT2D eigenvalue weighted by Crippen LogP contribution is 2.25. The molecule has 0 radical (unpaired) electrons. The Morgan fingerprint density at radius 3 is 2.28 bits per heavy atom. The predicted octanol–water partition coefficient (Wildman–Crippen LogP) is 4.73. The number of carbonyl (C=O) groups is 2. The van der Waals surface area contributed by atoms with E-state index in [9.17, 15) is 9.59 Å². The molecule has 32 heavy (non-hydrogen) atoms. The summed E-state index contributed by atoms with van der Waals surface area (Å²) in [5.74, 6) is 0.114. The van der Waals surface area contributed by atoms with Crippen LogP contribution in [0.25, 0.3) is 11.1 Å². The number of aryl methyl sites for hydroxylation is 1. The van der Waals surface area contributed by atoms with Gasteiger partial charge >= 0.3 is 0 Å². The van der Waals surface area contributed by atoms with Crippen LogP contribution in [0.1, 0.15) is 24.5 Å². The zero-order valence-corrected chi connectivity index (χ0v) is 18.5. The van der Waals surface area contributed by atoms with Crippen molar-refractivity contribution in [3.8, 4) is 16.9 Å². The minimum atomic E-state index is -0.238. The molecule has 0 saturated heterocycles. The zero-order valence-electron chi connectivity index (χ0n) is 18.5. The minimum Gasteiger partial charge on any atom is -0.495 e. The van der Waals surface area contributed by atoms with Gasteiger partial charge in [-0.15, -0.1) is 0 Å². The van der Waals surface area contributed by atoms with Crippen LogP contribution in [0.4, 0.5) is 5.69 Å². The van der Waals surface area contributed by atoms with Crippen LogP contribution in [0, 0.1) is 6.92 Å². The third kappa shape index (κ3) is 6.54. The van der Waals surface area contributed by atoms with Gasteiger partial charge in [0.2, 0.25) is 11.8 Å². The molecular weight excluding hydrogens is 402 g/mol. The molecule has 0 heterocycles. The summed E-state index contributed by atoms with van der Waals surface area (Å²) in [4.78, 5) is 24.6. The number of benzene rings is 3. The van der Waals surface area contributed by atoms with Crippen LogP contribution in [-0.2, 0) is 16.0 Å². The Morgan fingerprint density at radius 2 is 1.59 bits per heavy atom. The lowest BCUT2D eigenvalue weighted by Crippen LogP contribution is -2.23. The molecule has 6 nitrogen and oxygen atoms in total. The molecule has 0 fully saturated rings. The number of rotatable bonds is 8. The van der Waals surface area contributed by atoms with Gasteiger partial charge < -0.3 is 10.1 Å². The number of ether oxygens (including phenoxy) is 1. The summed E-state index contributed by atoms with van der Waals surface area (Å²) in [6.07, 6.45) is 0.266. The average molecular weight is 430 g/mol. The molecule has 0 saturated carbocycles. The maximum absolute atomic E-state index is 12.3. The van der Waals surface area contributed by atoms with E-state index in [0.717, 1.165) is 22.3 Å². The second-order valence-electron chi connectivity index (χ2n) is 7.55. The van der Waals surface area contributed by atoms with Crippen molar-refractivity contribution in [2.75, 3.05) is 12.4 Å². The second-order valence-corrected chi connectivity index (χ2v) is 7.55. The van der Waals surface area contributed by atoms with E-state index in [2.05, 4.69) is 15.8 Å². The van der Waals surface area contributed by atoms with Gasteiger partial charge in [0, 0.05) is 5.71 Å². The molecule has 0 atom stereocenters. The van der Waals surface area contributed by atoms with E-state index in [-0.39, 0.29) is 24.7 Å². The van der Waals surface area contributed by atoms with Gasteiger partial charge in [0.25, 0.3) is 0 Å². The van der Waals surface area contributed by atoms with Crippen LogP contribution in [0.3, 0.4) is 0 Å². The van der Waals surface area contributed by atoms with E-state index in [0.29, 0.717) is 17.1 Å². The number of hydrogen-bond donors (Lipinski definition) is 2. The first-order chi connectivity index (χ1) is 15.4. The number of methoxy groups -OCH3 is 1. The minimum absolute atomic E-state index is 0.0587. The van der Waals surface area contributed by atoms with Gasteiger partial charge in [0.05, 0.1) is 25.6 Å². The fourth-order valence-electron chi connectivity index (χ4n) is 3.21. The number of carbonyl (C=O) groups excluding carboxylic acids is 2. The van der Waals surface area contributed by atoms with Gasteiger partial charge in [-0.05, 0) is 48.2 Å². The van der Waals surface area contributed by atoms with Crippen molar-refractivity contribution in [2.24, 2.45) is 5.10 Å². The summed E-state index contributed by atoms with van der Waals surface area (Å²) in [7, 11) is 1.55. The Kier molecular flexibility index (Phi) is 7.75. The molecule has 0 aliphatic heterocycles. The Morgan fingerprint density at radius 1 is 0.906 bits per heavy atom. The van der Waals surface area contributed by atoms with E-state index in [1.165, 1.54) is 0 Å². The molecule has 2 amide bonds. The van der Waals surface area contributed by atoms with E-state index in [4.69, 9.17) is 4.74 Å². The van der Waals surface area contributed by atoms with Gasteiger partial charge in [-0.25, -0.2) is 5.43 Å². The fraction of sp³-hybridized carbons (Fsp3) is 0.192. The molecule has 3 aromatic carbocycles. The monoisotopic (exact) mass is 429 g/mol. The molecule has 0 unspecified atom stereocenters. The summed E-state index contributed by atoms with van der Waals surface area (Å²) >= 11 is 0. The van der Waals surface area contributed by atoms with Crippen LogP contribution in [0.2, 0.25) is 0 Å². The Balaban J connectivity index is 1.50. The number of hydrogen-bond acceptors (Lipinski definition) is 4. The normalized spacial score (nSPS) is 11.0. The van der Waals surface area contributed by atoms with E-state index >= 15 is 0 Å². The van der Waals surface area contributed by atoms with Crippen molar-refractivity contribution >= 4 is 23.2 Å². The molecule has 6 heteroatoms. The summed E-state index contributed by atoms with van der Waals surface area (Å²) in [6.45, 7) is 3.63. The lowest BCUT2D eigenvalue weighted by molar-refractivity contribution is -0.120. The molecule has 2 N–H and O–H groups in total. The average Bonchev–Trinajstić information content (AvgIpc) is 2.79. The fourth-order valence-corrected chi connectivity index (χ4v) is 3.21. The molecular formula is C26H27N3O3. The number of nitrogens with zero attached hydrogens (tertiary/aromatic N) is 1. The first-order valence-corrected chi connectivity index (χ1v) is 10.4. The second kappa shape index (κ2) is 10.9. The highest BCUT2D eigenvalue weighted by molar-refractivity contribution is 6.06. The quantitative estimate of drug-likeness (QED) is 0.401. The first kappa shape index (κ1) is 22.7. The van der Waals surface area contributed by atoms with Crippen LogP contribution >= 0.6 is 0 Å². The van der Waals surface area contributed by atoms with Crippen LogP contribution < -0.4 is 15.5 Å². The molecule has 3 aromatic rings. The van der Waals surface area contributed by atoms with Crippen LogP contribution in [0.5, 0.6) is 5.75 Å². The molecule has 0 aliphatic carbocycles. The maximum atomic E-state index is 12.3. The summed E-state index contributed by atoms with van der Waals surface area (Å²) in [5.41, 5.74) is 7.75. The smallest absolute Gasteiger partial charge is 0.244 e.